The van der Waals surface area contributed by atoms with Crippen LogP contribution in [0, 0.1) is 5.41 Å². The molecule has 0 fully saturated rings. The maximum absolute atomic E-state index is 12.3. The smallest absolute Gasteiger partial charge is 0.407 e. The molecule has 0 saturated carbocycles. The van der Waals surface area contributed by atoms with Crippen molar-refractivity contribution in [1.82, 2.24) is 20.9 Å². The summed E-state index contributed by atoms with van der Waals surface area (Å²) in [6, 6.07) is -0.670. The lowest BCUT2D eigenvalue weighted by Crippen LogP contribution is -2.47. The van der Waals surface area contributed by atoms with Crippen LogP contribution in [0.5, 0.6) is 0 Å². The zero-order valence-electron chi connectivity index (χ0n) is 16.1. The number of unbranched alkanes of at least 4 members (excludes halogenated alkanes) is 2. The van der Waals surface area contributed by atoms with Crippen LogP contribution in [0.4, 0.5) is 4.79 Å². The first-order valence-electron chi connectivity index (χ1n) is 8.94. The minimum Gasteiger partial charge on any atom is -0.450 e. The minimum atomic E-state index is -0.670. The summed E-state index contributed by atoms with van der Waals surface area (Å²) in [7, 11) is 3.54. The minimum absolute atomic E-state index is 0.240. The van der Waals surface area contributed by atoms with Crippen LogP contribution < -0.4 is 21.8 Å². The van der Waals surface area contributed by atoms with Gasteiger partial charge in [-0.15, -0.1) is 0 Å². The number of hydrogen-bond acceptors (Lipinski definition) is 6. The number of carbonyl (C=O) groups excluding carboxylic acids is 2. The molecule has 10 heteroatoms. The number of alkyl carbamates (subject to hydrolysis) is 1. The summed E-state index contributed by atoms with van der Waals surface area (Å²) in [5.41, 5.74) is 0. The van der Waals surface area contributed by atoms with Gasteiger partial charge in [0.15, 0.2) is 5.96 Å². The van der Waals surface area contributed by atoms with E-state index in [4.69, 9.17) is 16.0 Å². The largest absolute Gasteiger partial charge is 0.450 e. The van der Waals surface area contributed by atoms with Gasteiger partial charge in [0.1, 0.15) is 6.04 Å². The van der Waals surface area contributed by atoms with Crippen molar-refractivity contribution >= 4 is 18.0 Å². The number of nitrogens with two attached hydrogens (primary N) is 1. The lowest BCUT2D eigenvalue weighted by atomic mass is 10.1. The number of carbonyl (C=O) groups is 2. The topological polar surface area (TPSA) is 142 Å². The second kappa shape index (κ2) is 15.2. The van der Waals surface area contributed by atoms with Crippen molar-refractivity contribution in [3.05, 3.63) is 0 Å². The van der Waals surface area contributed by atoms with Gasteiger partial charge in [0.05, 0.1) is 13.2 Å². The molecule has 0 aliphatic heterocycles. The average molecular weight is 374 g/mol. The molecule has 0 spiro atoms. The Balaban J connectivity index is 4.28. The summed E-state index contributed by atoms with van der Waals surface area (Å²) in [6.07, 6.45) is 2.99. The third-order valence-electron chi connectivity index (χ3n) is 3.53. The number of hydrogen-bond donors (Lipinski definition) is 5. The fraction of sp³-hybridized carbons (Fsp3) is 0.812. The van der Waals surface area contributed by atoms with Crippen molar-refractivity contribution in [3.63, 3.8) is 0 Å². The van der Waals surface area contributed by atoms with Gasteiger partial charge < -0.3 is 30.4 Å². The number of guanidine groups is 1. The van der Waals surface area contributed by atoms with Crippen LogP contribution in [-0.2, 0) is 14.4 Å². The molecule has 0 aromatic carbocycles. The Morgan fingerprint density at radius 2 is 1.81 bits per heavy atom. The summed E-state index contributed by atoms with van der Waals surface area (Å²) in [4.78, 5) is 30.1. The molecular weight excluding hydrogens is 340 g/mol. The highest BCUT2D eigenvalue weighted by Gasteiger charge is 2.20. The SMILES string of the molecule is CCOC(=O)N[C@@H](CCCNC(=N)N(C)C)C(=O)NCCCCCON. The van der Waals surface area contributed by atoms with E-state index in [1.165, 1.54) is 0 Å². The summed E-state index contributed by atoms with van der Waals surface area (Å²) in [5, 5.41) is 16.0. The quantitative estimate of drug-likeness (QED) is 0.134. The van der Waals surface area contributed by atoms with Gasteiger partial charge in [-0.1, -0.05) is 0 Å². The molecule has 0 aromatic heterocycles. The molecule has 2 amide bonds. The fourth-order valence-electron chi connectivity index (χ4n) is 2.08. The first-order valence-corrected chi connectivity index (χ1v) is 8.94. The second-order valence-corrected chi connectivity index (χ2v) is 5.95. The number of nitrogens with zero attached hydrogens (tertiary/aromatic N) is 1. The van der Waals surface area contributed by atoms with Crippen molar-refractivity contribution < 1.29 is 19.2 Å². The normalized spacial score (nSPS) is 11.4. The second-order valence-electron chi connectivity index (χ2n) is 5.95. The van der Waals surface area contributed by atoms with Gasteiger partial charge in [0.2, 0.25) is 5.91 Å². The summed E-state index contributed by atoms with van der Waals surface area (Å²) in [6.45, 7) is 3.50. The molecule has 0 bridgehead atoms. The lowest BCUT2D eigenvalue weighted by molar-refractivity contribution is -0.123. The van der Waals surface area contributed by atoms with E-state index in [2.05, 4.69) is 20.8 Å². The molecule has 0 aliphatic rings. The van der Waals surface area contributed by atoms with Gasteiger partial charge in [0, 0.05) is 27.2 Å². The summed E-state index contributed by atoms with van der Waals surface area (Å²) >= 11 is 0. The van der Waals surface area contributed by atoms with Crippen LogP contribution in [0.25, 0.3) is 0 Å². The van der Waals surface area contributed by atoms with Gasteiger partial charge in [0.25, 0.3) is 0 Å². The monoisotopic (exact) mass is 374 g/mol. The van der Waals surface area contributed by atoms with E-state index in [1.807, 2.05) is 0 Å². The first kappa shape index (κ1) is 23.9. The predicted molar refractivity (Wildman–Crippen MR) is 99.6 cm³/mol. The zero-order chi connectivity index (χ0) is 19.8. The maximum atomic E-state index is 12.3. The third-order valence-corrected chi connectivity index (χ3v) is 3.53. The molecule has 26 heavy (non-hydrogen) atoms. The summed E-state index contributed by atoms with van der Waals surface area (Å²) < 4.78 is 4.86. The Hall–Kier alpha value is -2.07. The van der Waals surface area contributed by atoms with Gasteiger partial charge in [-0.05, 0) is 39.0 Å². The van der Waals surface area contributed by atoms with E-state index in [1.54, 1.807) is 25.9 Å². The highest BCUT2D eigenvalue weighted by molar-refractivity contribution is 5.85. The van der Waals surface area contributed by atoms with E-state index in [9.17, 15) is 9.59 Å². The van der Waals surface area contributed by atoms with Crippen LogP contribution in [0.15, 0.2) is 0 Å². The molecular formula is C16H34N6O4. The van der Waals surface area contributed by atoms with Crippen LogP contribution in [0.2, 0.25) is 0 Å². The van der Waals surface area contributed by atoms with Crippen LogP contribution in [0.3, 0.4) is 0 Å². The van der Waals surface area contributed by atoms with Crippen LogP contribution >= 0.6 is 0 Å². The van der Waals surface area contributed by atoms with Crippen LogP contribution in [0.1, 0.15) is 39.0 Å². The van der Waals surface area contributed by atoms with Crippen molar-refractivity contribution in [2.24, 2.45) is 5.90 Å². The lowest BCUT2D eigenvalue weighted by Gasteiger charge is -2.19. The van der Waals surface area contributed by atoms with Crippen molar-refractivity contribution in [1.29, 1.82) is 5.41 Å². The van der Waals surface area contributed by atoms with Gasteiger partial charge in [-0.3, -0.25) is 10.2 Å². The number of amides is 2. The van der Waals surface area contributed by atoms with E-state index < -0.39 is 12.1 Å². The predicted octanol–water partition coefficient (Wildman–Crippen LogP) is 0.144. The highest BCUT2D eigenvalue weighted by Crippen LogP contribution is 2.00. The maximum Gasteiger partial charge on any atom is 0.407 e. The molecule has 0 saturated heterocycles. The van der Waals surface area contributed by atoms with Crippen molar-refractivity contribution in [2.45, 2.75) is 45.1 Å². The first-order chi connectivity index (χ1) is 12.4. The Bertz CT molecular complexity index is 420. The molecule has 152 valence electrons. The highest BCUT2D eigenvalue weighted by atomic mass is 16.6. The zero-order valence-corrected chi connectivity index (χ0v) is 16.1. The number of ether oxygens (including phenoxy) is 1. The van der Waals surface area contributed by atoms with Gasteiger partial charge in [-0.2, -0.15) is 0 Å². The molecule has 0 aliphatic carbocycles. The summed E-state index contributed by atoms with van der Waals surface area (Å²) in [5.74, 6) is 5.01. The van der Waals surface area contributed by atoms with E-state index in [0.29, 0.717) is 38.5 Å². The van der Waals surface area contributed by atoms with Gasteiger partial charge >= 0.3 is 6.09 Å². The van der Waals surface area contributed by atoms with Crippen molar-refractivity contribution in [2.75, 3.05) is 40.4 Å². The Morgan fingerprint density at radius 1 is 1.12 bits per heavy atom. The molecule has 6 N–H and O–H groups in total. The van der Waals surface area contributed by atoms with E-state index in [0.717, 1.165) is 19.3 Å². The van der Waals surface area contributed by atoms with E-state index in [-0.39, 0.29) is 12.5 Å². The standard InChI is InChI=1S/C16H34N6O4/c1-4-25-16(24)21-13(9-8-11-20-15(17)22(2)3)14(23)19-10-6-5-7-12-26-18/h13H,4-12,18H2,1-3H3,(H2,17,20)(H,19,23)(H,21,24)/t13-/m0/s1. The van der Waals surface area contributed by atoms with Crippen LogP contribution in [-0.4, -0.2) is 69.3 Å². The molecule has 10 nitrogen and oxygen atoms in total. The number of nitrogens with one attached hydrogen (secondary N) is 4. The Morgan fingerprint density at radius 3 is 2.42 bits per heavy atom. The molecule has 1 atom stereocenters. The van der Waals surface area contributed by atoms with Gasteiger partial charge in [-0.25, -0.2) is 10.7 Å². The number of rotatable bonds is 13. The molecule has 0 heterocycles. The van der Waals surface area contributed by atoms with Crippen molar-refractivity contribution in [3.8, 4) is 0 Å². The Kier molecular flexibility index (Phi) is 14.0. The fourth-order valence-corrected chi connectivity index (χ4v) is 2.08. The average Bonchev–Trinajstić information content (AvgIpc) is 2.60. The molecule has 0 radical (unpaired) electrons. The molecule has 0 aromatic rings. The molecule has 0 rings (SSSR count). The van der Waals surface area contributed by atoms with E-state index >= 15 is 0 Å². The Labute approximate surface area is 155 Å². The molecule has 0 unspecified atom stereocenters. The third kappa shape index (κ3) is 12.3.